The molecule has 0 radical (unpaired) electrons. The maximum absolute atomic E-state index is 9.94. The molecule has 3 nitrogen and oxygen atoms in total. The van der Waals surface area contributed by atoms with Crippen LogP contribution in [0.1, 0.15) is 40.5 Å². The van der Waals surface area contributed by atoms with Gasteiger partial charge in [-0.2, -0.15) is 0 Å². The molecule has 14 heavy (non-hydrogen) atoms. The molecule has 0 aliphatic heterocycles. The smallest absolute Gasteiger partial charge is 0.0846 e. The van der Waals surface area contributed by atoms with Gasteiger partial charge in [-0.05, 0) is 11.8 Å². The molecule has 0 aromatic carbocycles. The molecular weight excluding hydrogens is 176 g/mol. The molecule has 86 valence electrons. The van der Waals surface area contributed by atoms with E-state index in [1.165, 1.54) is 0 Å². The van der Waals surface area contributed by atoms with E-state index in [0.717, 1.165) is 12.8 Å². The lowest BCUT2D eigenvalue weighted by molar-refractivity contribution is 0.0749. The van der Waals surface area contributed by atoms with Gasteiger partial charge in [0.2, 0.25) is 0 Å². The summed E-state index contributed by atoms with van der Waals surface area (Å²) in [6.45, 7) is 8.26. The van der Waals surface area contributed by atoms with Crippen molar-refractivity contribution >= 4 is 0 Å². The zero-order valence-electron chi connectivity index (χ0n) is 9.90. The fourth-order valence-corrected chi connectivity index (χ4v) is 1.47. The van der Waals surface area contributed by atoms with Gasteiger partial charge in [0.05, 0.1) is 6.10 Å². The fraction of sp³-hybridized carbons (Fsp3) is 1.00. The van der Waals surface area contributed by atoms with E-state index in [-0.39, 0.29) is 12.1 Å². The van der Waals surface area contributed by atoms with Gasteiger partial charge in [-0.25, -0.2) is 0 Å². The monoisotopic (exact) mass is 202 g/mol. The van der Waals surface area contributed by atoms with E-state index in [1.54, 1.807) is 0 Å². The molecule has 0 heterocycles. The maximum atomic E-state index is 9.94. The third kappa shape index (κ3) is 3.56. The molecule has 0 aliphatic rings. The highest BCUT2D eigenvalue weighted by Crippen LogP contribution is 2.16. The summed E-state index contributed by atoms with van der Waals surface area (Å²) in [4.78, 5) is 0. The first kappa shape index (κ1) is 13.9. The molecule has 0 saturated carbocycles. The second kappa shape index (κ2) is 6.38. The number of hydrogen-bond donors (Lipinski definition) is 3. The van der Waals surface area contributed by atoms with Crippen LogP contribution in [0.25, 0.3) is 0 Å². The largest absolute Gasteiger partial charge is 0.390 e. The molecule has 0 aliphatic carbocycles. The molecule has 0 saturated heterocycles. The molecule has 3 heteroatoms. The summed E-state index contributed by atoms with van der Waals surface area (Å²) >= 11 is 0. The summed E-state index contributed by atoms with van der Waals surface area (Å²) < 4.78 is 0. The van der Waals surface area contributed by atoms with Crippen LogP contribution in [0, 0.1) is 11.8 Å². The van der Waals surface area contributed by atoms with E-state index in [2.05, 4.69) is 27.7 Å². The van der Waals surface area contributed by atoms with Crippen LogP contribution < -0.4 is 11.5 Å². The van der Waals surface area contributed by atoms with E-state index in [0.29, 0.717) is 11.8 Å². The topological polar surface area (TPSA) is 72.3 Å². The first-order valence-electron chi connectivity index (χ1n) is 5.64. The summed E-state index contributed by atoms with van der Waals surface area (Å²) in [7, 11) is 0. The van der Waals surface area contributed by atoms with Crippen molar-refractivity contribution in [2.24, 2.45) is 23.3 Å². The Morgan fingerprint density at radius 3 is 1.43 bits per heavy atom. The van der Waals surface area contributed by atoms with Crippen LogP contribution >= 0.6 is 0 Å². The summed E-state index contributed by atoms with van der Waals surface area (Å²) in [5.41, 5.74) is 11.9. The molecular formula is C11H26N2O. The second-order valence-corrected chi connectivity index (χ2v) is 4.42. The van der Waals surface area contributed by atoms with Crippen LogP contribution in [-0.4, -0.2) is 23.3 Å². The van der Waals surface area contributed by atoms with Crippen LogP contribution in [0.3, 0.4) is 0 Å². The lowest BCUT2D eigenvalue weighted by atomic mass is 9.86. The molecule has 0 bridgehead atoms. The van der Waals surface area contributed by atoms with Crippen LogP contribution in [0.4, 0.5) is 0 Å². The summed E-state index contributed by atoms with van der Waals surface area (Å²) in [5.74, 6) is 0.639. The molecule has 0 amide bonds. The van der Waals surface area contributed by atoms with Gasteiger partial charge in [-0.1, -0.05) is 40.5 Å². The van der Waals surface area contributed by atoms with E-state index in [9.17, 15) is 5.11 Å². The zero-order valence-corrected chi connectivity index (χ0v) is 9.90. The minimum atomic E-state index is -0.583. The fourth-order valence-electron chi connectivity index (χ4n) is 1.47. The third-order valence-electron chi connectivity index (χ3n) is 3.39. The lowest BCUT2D eigenvalue weighted by Crippen LogP contribution is -2.52. The number of rotatable bonds is 6. The number of nitrogens with two attached hydrogens (primary N) is 2. The van der Waals surface area contributed by atoms with E-state index >= 15 is 0 Å². The molecule has 5 N–H and O–H groups in total. The molecule has 0 spiro atoms. The Balaban J connectivity index is 4.22. The first-order chi connectivity index (χ1) is 6.45. The highest BCUT2D eigenvalue weighted by atomic mass is 16.3. The molecule has 4 atom stereocenters. The van der Waals surface area contributed by atoms with Gasteiger partial charge in [0, 0.05) is 12.1 Å². The average molecular weight is 202 g/mol. The van der Waals surface area contributed by atoms with Crippen molar-refractivity contribution in [3.05, 3.63) is 0 Å². The molecule has 0 rings (SSSR count). The van der Waals surface area contributed by atoms with Gasteiger partial charge in [-0.15, -0.1) is 0 Å². The van der Waals surface area contributed by atoms with Crippen molar-refractivity contribution in [1.82, 2.24) is 0 Å². The molecule has 0 fully saturated rings. The van der Waals surface area contributed by atoms with Crippen molar-refractivity contribution in [3.8, 4) is 0 Å². The highest BCUT2D eigenvalue weighted by Gasteiger charge is 2.28. The van der Waals surface area contributed by atoms with Gasteiger partial charge < -0.3 is 16.6 Å². The Morgan fingerprint density at radius 1 is 0.929 bits per heavy atom. The van der Waals surface area contributed by atoms with Crippen LogP contribution in [-0.2, 0) is 0 Å². The molecule has 0 aromatic heterocycles. The molecule has 0 aromatic rings. The summed E-state index contributed by atoms with van der Waals surface area (Å²) in [5, 5.41) is 9.94. The third-order valence-corrected chi connectivity index (χ3v) is 3.39. The minimum absolute atomic E-state index is 0.205. The average Bonchev–Trinajstić information content (AvgIpc) is 2.23. The quantitative estimate of drug-likeness (QED) is 0.604. The zero-order chi connectivity index (χ0) is 11.3. The van der Waals surface area contributed by atoms with Gasteiger partial charge in [0.15, 0.2) is 0 Å². The molecule has 0 unspecified atom stereocenters. The van der Waals surface area contributed by atoms with Gasteiger partial charge in [-0.3, -0.25) is 0 Å². The number of aliphatic hydroxyl groups excluding tert-OH is 1. The minimum Gasteiger partial charge on any atom is -0.390 e. The normalized spacial score (nSPS) is 20.6. The van der Waals surface area contributed by atoms with Gasteiger partial charge in [0.25, 0.3) is 0 Å². The van der Waals surface area contributed by atoms with Crippen LogP contribution in [0.5, 0.6) is 0 Å². The predicted octanol–water partition coefficient (Wildman–Crippen LogP) is 1.09. The van der Waals surface area contributed by atoms with Gasteiger partial charge in [0.1, 0.15) is 0 Å². The maximum Gasteiger partial charge on any atom is 0.0846 e. The van der Waals surface area contributed by atoms with Crippen molar-refractivity contribution in [2.75, 3.05) is 0 Å². The van der Waals surface area contributed by atoms with Crippen LogP contribution in [0.15, 0.2) is 0 Å². The highest BCUT2D eigenvalue weighted by molar-refractivity contribution is 4.86. The standard InChI is InChI=1S/C11H26N2O/c1-5-7(3)9(12)11(14)10(13)8(4)6-2/h7-11,14H,5-6,12-13H2,1-4H3/t7-,8-,9-,10-/m0/s1. The number of aliphatic hydroxyl groups is 1. The van der Waals surface area contributed by atoms with Gasteiger partial charge >= 0.3 is 0 Å². The van der Waals surface area contributed by atoms with E-state index in [4.69, 9.17) is 11.5 Å². The Kier molecular flexibility index (Phi) is 6.33. The lowest BCUT2D eigenvalue weighted by Gasteiger charge is -2.31. The first-order valence-corrected chi connectivity index (χ1v) is 5.64. The van der Waals surface area contributed by atoms with E-state index in [1.807, 2.05) is 0 Å². The van der Waals surface area contributed by atoms with Crippen LogP contribution in [0.2, 0.25) is 0 Å². The Bertz CT molecular complexity index is 136. The summed E-state index contributed by atoms with van der Waals surface area (Å²) in [6.07, 6.45) is 1.37. The Hall–Kier alpha value is -0.120. The number of hydrogen-bond acceptors (Lipinski definition) is 3. The van der Waals surface area contributed by atoms with Crippen molar-refractivity contribution in [1.29, 1.82) is 0 Å². The summed E-state index contributed by atoms with van der Waals surface area (Å²) in [6, 6.07) is -0.409. The van der Waals surface area contributed by atoms with Crippen molar-refractivity contribution < 1.29 is 5.11 Å². The second-order valence-electron chi connectivity index (χ2n) is 4.42. The SMILES string of the molecule is CC[C@H](C)[C@H](N)C(O)[C@@H](N)[C@@H](C)CC. The predicted molar refractivity (Wildman–Crippen MR) is 60.9 cm³/mol. The van der Waals surface area contributed by atoms with E-state index < -0.39 is 6.10 Å². The van der Waals surface area contributed by atoms with Crippen molar-refractivity contribution in [3.63, 3.8) is 0 Å². The Morgan fingerprint density at radius 2 is 1.21 bits per heavy atom. The Labute approximate surface area is 87.9 Å². The van der Waals surface area contributed by atoms with Crippen molar-refractivity contribution in [2.45, 2.75) is 58.7 Å².